The summed E-state index contributed by atoms with van der Waals surface area (Å²) in [5, 5.41) is 11.7. The van der Waals surface area contributed by atoms with Crippen LogP contribution in [0, 0.1) is 0 Å². The highest BCUT2D eigenvalue weighted by atomic mass is 16.2. The average Bonchev–Trinajstić information content (AvgIpc) is 2.53. The minimum Gasteiger partial charge on any atom is -0.396 e. The fraction of sp³-hybridized carbons (Fsp3) is 0.833. The Bertz CT molecular complexity index is 280. The number of nitrogens with one attached hydrogen (secondary N) is 1. The van der Waals surface area contributed by atoms with Gasteiger partial charge in [-0.15, -0.1) is 0 Å². The molecule has 1 amide bonds. The number of amides is 1. The lowest BCUT2D eigenvalue weighted by molar-refractivity contribution is -0.121. The van der Waals surface area contributed by atoms with Crippen LogP contribution in [0.4, 0.5) is 0 Å². The summed E-state index contributed by atoms with van der Waals surface area (Å²) in [5.74, 6) is 0.139. The number of rotatable bonds is 15. The van der Waals surface area contributed by atoms with Crippen molar-refractivity contribution in [3.8, 4) is 0 Å². The normalized spacial score (nSPS) is 11.5. The summed E-state index contributed by atoms with van der Waals surface area (Å²) in [6, 6.07) is 0. The molecule has 0 aromatic rings. The highest BCUT2D eigenvalue weighted by Gasteiger charge is 2.04. The molecule has 0 aromatic heterocycles. The Kier molecular flexibility index (Phi) is 15.8. The fourth-order valence-corrected chi connectivity index (χ4v) is 2.35. The third kappa shape index (κ3) is 14.1. The molecule has 0 atom stereocenters. The van der Waals surface area contributed by atoms with E-state index in [4.69, 9.17) is 5.11 Å². The van der Waals surface area contributed by atoms with Gasteiger partial charge in [-0.2, -0.15) is 0 Å². The van der Waals surface area contributed by atoms with E-state index in [9.17, 15) is 4.79 Å². The van der Waals surface area contributed by atoms with Gasteiger partial charge in [0, 0.05) is 13.0 Å². The van der Waals surface area contributed by atoms with Gasteiger partial charge in [-0.25, -0.2) is 0 Å². The lowest BCUT2D eigenvalue weighted by atomic mass is 10.1. The Morgan fingerprint density at radius 1 is 1.09 bits per heavy atom. The minimum absolute atomic E-state index is 0.139. The van der Waals surface area contributed by atoms with Crippen molar-refractivity contribution < 1.29 is 9.90 Å². The first kappa shape index (κ1) is 21.1. The van der Waals surface area contributed by atoms with Gasteiger partial charge in [-0.1, -0.05) is 51.2 Å². The summed E-state index contributed by atoms with van der Waals surface area (Å²) in [6.07, 6.45) is 13.7. The molecule has 2 N–H and O–H groups in total. The quantitative estimate of drug-likeness (QED) is 0.277. The van der Waals surface area contributed by atoms with Crippen molar-refractivity contribution in [3.05, 3.63) is 12.2 Å². The van der Waals surface area contributed by atoms with Gasteiger partial charge in [0.2, 0.25) is 5.91 Å². The number of nitrogens with zero attached hydrogens (tertiary/aromatic N) is 1. The molecule has 0 bridgehead atoms. The van der Waals surface area contributed by atoms with Crippen molar-refractivity contribution in [1.29, 1.82) is 0 Å². The van der Waals surface area contributed by atoms with Crippen LogP contribution in [0.5, 0.6) is 0 Å². The molecule has 130 valence electrons. The fourth-order valence-electron chi connectivity index (χ4n) is 2.35. The van der Waals surface area contributed by atoms with Gasteiger partial charge >= 0.3 is 0 Å². The number of allylic oxidation sites excluding steroid dienone is 2. The monoisotopic (exact) mass is 312 g/mol. The Labute approximate surface area is 137 Å². The summed E-state index contributed by atoms with van der Waals surface area (Å²) in [4.78, 5) is 13.9. The number of carbonyl (C=O) groups excluding carboxylic acids is 1. The maximum Gasteiger partial charge on any atom is 0.221 e. The average molecular weight is 312 g/mol. The molecule has 0 saturated carbocycles. The first-order valence-electron chi connectivity index (χ1n) is 8.95. The molecule has 4 heteroatoms. The Balaban J connectivity index is 3.52. The largest absolute Gasteiger partial charge is 0.396 e. The van der Waals surface area contributed by atoms with Crippen LogP contribution in [0.25, 0.3) is 0 Å². The third-order valence-electron chi connectivity index (χ3n) is 3.85. The number of hydrogen-bond donors (Lipinski definition) is 2. The van der Waals surface area contributed by atoms with Gasteiger partial charge < -0.3 is 10.4 Å². The molecule has 0 rings (SSSR count). The molecule has 0 aliphatic rings. The predicted octanol–water partition coefficient (Wildman–Crippen LogP) is 3.46. The maximum absolute atomic E-state index is 11.7. The second-order valence-electron chi connectivity index (χ2n) is 5.77. The molecule has 0 radical (unpaired) electrons. The van der Waals surface area contributed by atoms with E-state index in [1.807, 2.05) is 19.1 Å². The van der Waals surface area contributed by atoms with Crippen LogP contribution in [-0.4, -0.2) is 42.3 Å². The Morgan fingerprint density at radius 3 is 2.32 bits per heavy atom. The zero-order chi connectivity index (χ0) is 16.5. The molecule has 0 aromatic carbocycles. The van der Waals surface area contributed by atoms with Gasteiger partial charge in [-0.05, 0) is 39.3 Å². The second kappa shape index (κ2) is 16.5. The number of carbonyl (C=O) groups is 1. The van der Waals surface area contributed by atoms with Crippen molar-refractivity contribution in [1.82, 2.24) is 10.2 Å². The van der Waals surface area contributed by atoms with Crippen LogP contribution in [0.1, 0.15) is 71.6 Å². The predicted molar refractivity (Wildman–Crippen MR) is 93.7 cm³/mol. The molecular weight excluding hydrogens is 276 g/mol. The van der Waals surface area contributed by atoms with Gasteiger partial charge in [-0.3, -0.25) is 9.69 Å². The molecule has 4 nitrogen and oxygen atoms in total. The van der Waals surface area contributed by atoms with Crippen LogP contribution in [0.2, 0.25) is 0 Å². The van der Waals surface area contributed by atoms with Gasteiger partial charge in [0.1, 0.15) is 0 Å². The molecule has 0 fully saturated rings. The molecule has 0 saturated heterocycles. The van der Waals surface area contributed by atoms with Crippen molar-refractivity contribution in [2.45, 2.75) is 71.6 Å². The van der Waals surface area contributed by atoms with Gasteiger partial charge in [0.25, 0.3) is 0 Å². The zero-order valence-electron chi connectivity index (χ0n) is 14.6. The van der Waals surface area contributed by atoms with E-state index in [-0.39, 0.29) is 5.91 Å². The second-order valence-corrected chi connectivity index (χ2v) is 5.77. The third-order valence-corrected chi connectivity index (χ3v) is 3.85. The SMILES string of the molecule is C/C=C/CCC(=O)NCN(CC)CCCCCCCCCO. The number of aliphatic hydroxyl groups excluding tert-OH is 1. The van der Waals surface area contributed by atoms with E-state index >= 15 is 0 Å². The van der Waals surface area contributed by atoms with Crippen molar-refractivity contribution >= 4 is 5.91 Å². The standard InChI is InChI=1S/C18H36N2O2/c1-3-5-11-14-18(22)19-17-20(4-2)15-12-9-7-6-8-10-13-16-21/h3,5,21H,4,6-17H2,1-2H3,(H,19,22)/b5-3+. The molecule has 0 unspecified atom stereocenters. The van der Waals surface area contributed by atoms with Crippen LogP contribution < -0.4 is 5.32 Å². The van der Waals surface area contributed by atoms with Crippen LogP contribution >= 0.6 is 0 Å². The van der Waals surface area contributed by atoms with Crippen molar-refractivity contribution in [2.75, 3.05) is 26.4 Å². The lowest BCUT2D eigenvalue weighted by Gasteiger charge is -2.20. The number of unbranched alkanes of at least 4 members (excludes halogenated alkanes) is 6. The van der Waals surface area contributed by atoms with E-state index in [1.54, 1.807) is 0 Å². The molecule has 0 heterocycles. The summed E-state index contributed by atoms with van der Waals surface area (Å²) in [5.41, 5.74) is 0. The van der Waals surface area contributed by atoms with Crippen LogP contribution in [0.15, 0.2) is 12.2 Å². The van der Waals surface area contributed by atoms with E-state index in [0.717, 1.165) is 32.4 Å². The zero-order valence-corrected chi connectivity index (χ0v) is 14.6. The lowest BCUT2D eigenvalue weighted by Crippen LogP contribution is -2.38. The number of hydrogen-bond acceptors (Lipinski definition) is 3. The first-order chi connectivity index (χ1) is 10.7. The van der Waals surface area contributed by atoms with Crippen LogP contribution in [0.3, 0.4) is 0 Å². The van der Waals surface area contributed by atoms with Gasteiger partial charge in [0.05, 0.1) is 6.67 Å². The van der Waals surface area contributed by atoms with E-state index in [1.165, 1.54) is 32.1 Å². The highest BCUT2D eigenvalue weighted by molar-refractivity contribution is 5.75. The number of aliphatic hydroxyl groups is 1. The summed E-state index contributed by atoms with van der Waals surface area (Å²) in [6.45, 7) is 7.14. The minimum atomic E-state index is 0.139. The Hall–Kier alpha value is -0.870. The van der Waals surface area contributed by atoms with Crippen LogP contribution in [-0.2, 0) is 4.79 Å². The van der Waals surface area contributed by atoms with Crippen molar-refractivity contribution in [3.63, 3.8) is 0 Å². The Morgan fingerprint density at radius 2 is 1.73 bits per heavy atom. The van der Waals surface area contributed by atoms with E-state index in [0.29, 0.717) is 19.7 Å². The highest BCUT2D eigenvalue weighted by Crippen LogP contribution is 2.07. The molecule has 22 heavy (non-hydrogen) atoms. The summed E-state index contributed by atoms with van der Waals surface area (Å²) in [7, 11) is 0. The smallest absolute Gasteiger partial charge is 0.221 e. The molecule has 0 spiro atoms. The van der Waals surface area contributed by atoms with E-state index < -0.39 is 0 Å². The summed E-state index contributed by atoms with van der Waals surface area (Å²) < 4.78 is 0. The maximum atomic E-state index is 11.7. The topological polar surface area (TPSA) is 52.6 Å². The first-order valence-corrected chi connectivity index (χ1v) is 8.95. The molecule has 0 aliphatic carbocycles. The molecular formula is C18H36N2O2. The van der Waals surface area contributed by atoms with Gasteiger partial charge in [0.15, 0.2) is 0 Å². The van der Waals surface area contributed by atoms with Crippen molar-refractivity contribution in [2.24, 2.45) is 0 Å². The molecule has 0 aliphatic heterocycles. The summed E-state index contributed by atoms with van der Waals surface area (Å²) >= 11 is 0. The van der Waals surface area contributed by atoms with E-state index in [2.05, 4.69) is 17.1 Å².